The zero-order valence-electron chi connectivity index (χ0n) is 16.9. The summed E-state index contributed by atoms with van der Waals surface area (Å²) < 4.78 is 0. The lowest BCUT2D eigenvalue weighted by atomic mass is 10.0. The fourth-order valence-electron chi connectivity index (χ4n) is 3.38. The molecule has 139 valence electrons. The summed E-state index contributed by atoms with van der Waals surface area (Å²) >= 11 is 0. The lowest BCUT2D eigenvalue weighted by molar-refractivity contribution is 0.524. The van der Waals surface area contributed by atoms with Crippen LogP contribution in [-0.2, 0) is 0 Å². The molecule has 0 bridgehead atoms. The normalized spacial score (nSPS) is 11.5. The highest BCUT2D eigenvalue weighted by Gasteiger charge is 1.96. The van der Waals surface area contributed by atoms with E-state index in [2.05, 4.69) is 20.8 Å². The van der Waals surface area contributed by atoms with Gasteiger partial charge in [-0.05, 0) is 12.3 Å². The lowest BCUT2D eigenvalue weighted by Crippen LogP contribution is -1.86. The van der Waals surface area contributed by atoms with E-state index in [-0.39, 0.29) is 0 Å². The zero-order chi connectivity index (χ0) is 17.0. The highest BCUT2D eigenvalue weighted by molar-refractivity contribution is 4.75. The predicted octanol–water partition coefficient (Wildman–Crippen LogP) is 9.03. The molecule has 1 radical (unpaired) electrons. The van der Waals surface area contributed by atoms with Gasteiger partial charge in [0.25, 0.3) is 0 Å². The largest absolute Gasteiger partial charge is 0.0654 e. The maximum Gasteiger partial charge on any atom is -0.0303 e. The van der Waals surface area contributed by atoms with Crippen molar-refractivity contribution in [3.8, 4) is 0 Å². The average Bonchev–Trinajstić information content (AvgIpc) is 2.53. The van der Waals surface area contributed by atoms with Crippen LogP contribution in [0.15, 0.2) is 0 Å². The monoisotopic (exact) mass is 323 g/mol. The van der Waals surface area contributed by atoms with Gasteiger partial charge in [0.15, 0.2) is 0 Å². The fraction of sp³-hybridized carbons (Fsp3) is 0.957. The minimum absolute atomic E-state index is 1.35. The van der Waals surface area contributed by atoms with Crippen molar-refractivity contribution < 1.29 is 0 Å². The van der Waals surface area contributed by atoms with E-state index in [0.29, 0.717) is 0 Å². The predicted molar refractivity (Wildman–Crippen MR) is 108 cm³/mol. The van der Waals surface area contributed by atoms with Gasteiger partial charge in [-0.15, -0.1) is 0 Å². The highest BCUT2D eigenvalue weighted by Crippen LogP contribution is 2.15. The van der Waals surface area contributed by atoms with Gasteiger partial charge in [0, 0.05) is 0 Å². The molecule has 0 spiro atoms. The second-order valence-corrected chi connectivity index (χ2v) is 7.97. The molecule has 0 fully saturated rings. The molecule has 0 saturated carbocycles. The van der Waals surface area contributed by atoms with Gasteiger partial charge in [0.05, 0.1) is 0 Å². The molecule has 0 nitrogen and oxygen atoms in total. The Balaban J connectivity index is 2.95. The third kappa shape index (κ3) is 22.0. The molecule has 0 aliphatic carbocycles. The summed E-state index contributed by atoms with van der Waals surface area (Å²) in [6.45, 7) is 6.81. The van der Waals surface area contributed by atoms with E-state index in [1.54, 1.807) is 5.92 Å². The number of rotatable bonds is 19. The first-order valence-electron chi connectivity index (χ1n) is 11.1. The van der Waals surface area contributed by atoms with E-state index in [1.807, 2.05) is 0 Å². The summed E-state index contributed by atoms with van der Waals surface area (Å²) in [5.74, 6) is 1.60. The molecule has 0 aromatic rings. The lowest BCUT2D eigenvalue weighted by Gasteiger charge is -2.05. The Kier molecular flexibility index (Phi) is 20.0. The number of hydrogen-bond donors (Lipinski definition) is 0. The molecule has 0 rings (SSSR count). The first-order chi connectivity index (χ1) is 11.3. The van der Waals surface area contributed by atoms with Gasteiger partial charge in [-0.3, -0.25) is 0 Å². The van der Waals surface area contributed by atoms with Gasteiger partial charge in [-0.1, -0.05) is 136 Å². The van der Waals surface area contributed by atoms with Crippen LogP contribution in [0.2, 0.25) is 0 Å². The molecule has 0 aliphatic heterocycles. The maximum absolute atomic E-state index is 2.30. The van der Waals surface area contributed by atoms with Crippen molar-refractivity contribution in [2.75, 3.05) is 0 Å². The van der Waals surface area contributed by atoms with E-state index in [0.717, 1.165) is 0 Å². The van der Waals surface area contributed by atoms with Crippen LogP contribution < -0.4 is 0 Å². The summed E-state index contributed by atoms with van der Waals surface area (Å²) in [5.41, 5.74) is 0. The van der Waals surface area contributed by atoms with Gasteiger partial charge in [-0.25, -0.2) is 0 Å². The van der Waals surface area contributed by atoms with Gasteiger partial charge in [0.1, 0.15) is 0 Å². The van der Waals surface area contributed by atoms with Gasteiger partial charge in [0.2, 0.25) is 0 Å². The Morgan fingerprint density at radius 3 is 0.913 bits per heavy atom. The van der Waals surface area contributed by atoms with Gasteiger partial charge < -0.3 is 0 Å². The van der Waals surface area contributed by atoms with Crippen LogP contribution in [0.1, 0.15) is 143 Å². The Labute approximate surface area is 149 Å². The van der Waals surface area contributed by atoms with Crippen LogP contribution >= 0.6 is 0 Å². The molecule has 0 N–H and O–H groups in total. The molecule has 0 heteroatoms. The summed E-state index contributed by atoms with van der Waals surface area (Å²) in [4.78, 5) is 0. The molecule has 0 saturated heterocycles. The smallest absolute Gasteiger partial charge is 0.0303 e. The Morgan fingerprint density at radius 2 is 0.652 bits per heavy atom. The zero-order valence-corrected chi connectivity index (χ0v) is 16.9. The van der Waals surface area contributed by atoms with Gasteiger partial charge in [-0.2, -0.15) is 0 Å². The summed E-state index contributed by atoms with van der Waals surface area (Å²) in [7, 11) is 0. The van der Waals surface area contributed by atoms with Crippen LogP contribution in [0, 0.1) is 5.92 Å². The standard InChI is InChI=1S/C23H47/c1-4-5-6-7-8-9-10-11-12-13-14-15-16-17-18-19-20-21-22-23(2)3/h4-22H2,1-3H3. The Hall–Kier alpha value is 0. The fourth-order valence-corrected chi connectivity index (χ4v) is 3.38. The minimum Gasteiger partial charge on any atom is -0.0654 e. The van der Waals surface area contributed by atoms with Crippen LogP contribution in [0.25, 0.3) is 0 Å². The average molecular weight is 324 g/mol. The molecule has 0 amide bonds. The summed E-state index contributed by atoms with van der Waals surface area (Å²) in [6.07, 6.45) is 27.8. The van der Waals surface area contributed by atoms with Crippen molar-refractivity contribution in [1.82, 2.24) is 0 Å². The molecule has 0 aromatic heterocycles. The van der Waals surface area contributed by atoms with Crippen molar-refractivity contribution in [2.24, 2.45) is 0 Å². The second kappa shape index (κ2) is 20.0. The van der Waals surface area contributed by atoms with E-state index in [1.165, 1.54) is 122 Å². The number of unbranched alkanes of at least 4 members (excludes halogenated alkanes) is 17. The van der Waals surface area contributed by atoms with Crippen LogP contribution in [0.5, 0.6) is 0 Å². The molecule has 0 heterocycles. The second-order valence-electron chi connectivity index (χ2n) is 7.97. The topological polar surface area (TPSA) is 0 Å². The molecule has 23 heavy (non-hydrogen) atoms. The first kappa shape index (κ1) is 23.0. The van der Waals surface area contributed by atoms with Crippen LogP contribution in [0.4, 0.5) is 0 Å². The molecule has 0 atom stereocenters. The maximum atomic E-state index is 2.30. The Morgan fingerprint density at radius 1 is 0.391 bits per heavy atom. The first-order valence-corrected chi connectivity index (χ1v) is 11.1. The molecule has 0 aromatic carbocycles. The van der Waals surface area contributed by atoms with E-state index in [4.69, 9.17) is 0 Å². The minimum atomic E-state index is 1.35. The van der Waals surface area contributed by atoms with E-state index >= 15 is 0 Å². The van der Waals surface area contributed by atoms with Crippen molar-refractivity contribution in [2.45, 2.75) is 143 Å². The summed E-state index contributed by atoms with van der Waals surface area (Å²) in [5, 5.41) is 0. The molecule has 0 aliphatic rings. The van der Waals surface area contributed by atoms with E-state index in [9.17, 15) is 0 Å². The molecular formula is C23H47. The van der Waals surface area contributed by atoms with Crippen molar-refractivity contribution in [3.05, 3.63) is 5.92 Å². The third-order valence-electron chi connectivity index (χ3n) is 5.03. The van der Waals surface area contributed by atoms with Crippen molar-refractivity contribution >= 4 is 0 Å². The quantitative estimate of drug-likeness (QED) is 0.208. The SMILES string of the molecule is CCCCCCCCCCCCCCCCCCCC[C](C)C. The van der Waals surface area contributed by atoms with E-state index < -0.39 is 0 Å². The molecular weight excluding hydrogens is 276 g/mol. The van der Waals surface area contributed by atoms with Crippen LogP contribution in [0.3, 0.4) is 0 Å². The third-order valence-corrected chi connectivity index (χ3v) is 5.03. The Bertz CT molecular complexity index is 194. The van der Waals surface area contributed by atoms with Crippen molar-refractivity contribution in [3.63, 3.8) is 0 Å². The highest BCUT2D eigenvalue weighted by atomic mass is 14.0. The summed E-state index contributed by atoms with van der Waals surface area (Å²) in [6, 6.07) is 0. The van der Waals surface area contributed by atoms with Crippen LogP contribution in [-0.4, -0.2) is 0 Å². The number of hydrogen-bond acceptors (Lipinski definition) is 0. The van der Waals surface area contributed by atoms with Crippen molar-refractivity contribution in [1.29, 1.82) is 0 Å². The van der Waals surface area contributed by atoms with Gasteiger partial charge >= 0.3 is 0 Å². The molecule has 0 unspecified atom stereocenters.